The Morgan fingerprint density at radius 3 is 2.69 bits per heavy atom. The highest BCUT2D eigenvalue weighted by Crippen LogP contribution is 2.29. The monoisotopic (exact) mass is 242 g/mol. The van der Waals surface area contributed by atoms with E-state index in [-0.39, 0.29) is 17.4 Å². The number of aromatic nitrogens is 1. The third-order valence-electron chi connectivity index (χ3n) is 2.12. The minimum absolute atomic E-state index is 0.0643. The van der Waals surface area contributed by atoms with Gasteiger partial charge in [-0.2, -0.15) is 0 Å². The molecule has 1 heterocycles. The molecule has 7 heteroatoms. The summed E-state index contributed by atoms with van der Waals surface area (Å²) in [5.41, 5.74) is -0.114. The van der Waals surface area contributed by atoms with Crippen molar-refractivity contribution in [1.82, 2.24) is 4.98 Å². The van der Waals surface area contributed by atoms with Gasteiger partial charge in [0.15, 0.2) is 11.3 Å². The fourth-order valence-electron chi connectivity index (χ4n) is 1.24. The van der Waals surface area contributed by atoms with Crippen LogP contribution in [0.3, 0.4) is 0 Å². The van der Waals surface area contributed by atoms with Crippen LogP contribution in [0.1, 0.15) is 23.2 Å². The first kappa shape index (κ1) is 11.0. The zero-order valence-corrected chi connectivity index (χ0v) is 9.11. The lowest BCUT2D eigenvalue weighted by atomic mass is 10.3. The number of rotatable bonds is 4. The first-order valence-electron chi connectivity index (χ1n) is 4.66. The molecule has 0 bridgehead atoms. The van der Waals surface area contributed by atoms with Gasteiger partial charge >= 0.3 is 0 Å². The molecule has 2 N–H and O–H groups in total. The van der Waals surface area contributed by atoms with Crippen molar-refractivity contribution in [3.8, 4) is 5.75 Å². The molecule has 1 fully saturated rings. The lowest BCUT2D eigenvalue weighted by molar-refractivity contribution is 0.111. The van der Waals surface area contributed by atoms with Gasteiger partial charge in [0.1, 0.15) is 5.75 Å². The van der Waals surface area contributed by atoms with Crippen LogP contribution in [0.25, 0.3) is 0 Å². The third kappa shape index (κ3) is 2.20. The van der Waals surface area contributed by atoms with Crippen molar-refractivity contribution >= 4 is 16.3 Å². The molecule has 6 nitrogen and oxygen atoms in total. The quantitative estimate of drug-likeness (QED) is 0.754. The van der Waals surface area contributed by atoms with Crippen LogP contribution < -0.4 is 9.88 Å². The number of carbonyl (C=O) groups is 1. The molecule has 0 radical (unpaired) electrons. The van der Waals surface area contributed by atoms with E-state index in [1.165, 1.54) is 12.3 Å². The van der Waals surface area contributed by atoms with Crippen LogP contribution >= 0.6 is 0 Å². The Bertz CT molecular complexity index is 522. The minimum Gasteiger partial charge on any atom is -0.490 e. The van der Waals surface area contributed by atoms with Gasteiger partial charge in [-0.15, -0.1) is 0 Å². The lowest BCUT2D eigenvalue weighted by Gasteiger charge is -2.08. The van der Waals surface area contributed by atoms with Crippen molar-refractivity contribution < 1.29 is 17.9 Å². The predicted octanol–water partition coefficient (Wildman–Crippen LogP) is 0.0827. The van der Waals surface area contributed by atoms with Gasteiger partial charge in [0.2, 0.25) is 0 Å². The van der Waals surface area contributed by atoms with Crippen molar-refractivity contribution in [1.29, 1.82) is 0 Å². The molecule has 0 spiro atoms. The smallest absolute Gasteiger partial charge is 0.256 e. The molecule has 86 valence electrons. The van der Waals surface area contributed by atoms with E-state index in [9.17, 15) is 13.2 Å². The highest BCUT2D eigenvalue weighted by molar-refractivity contribution is 7.89. The molecule has 2 rings (SSSR count). The van der Waals surface area contributed by atoms with Gasteiger partial charge in [0.05, 0.1) is 11.7 Å². The summed E-state index contributed by atoms with van der Waals surface area (Å²) in [6, 6.07) is 1.46. The molecule has 1 aromatic heterocycles. The van der Waals surface area contributed by atoms with Crippen LogP contribution in [0, 0.1) is 0 Å². The van der Waals surface area contributed by atoms with Gasteiger partial charge in [-0.1, -0.05) is 0 Å². The molecule has 1 aliphatic carbocycles. The maximum absolute atomic E-state index is 11.2. The number of hydrogen-bond donors (Lipinski definition) is 1. The number of nitrogens with two attached hydrogens (primary N) is 1. The molecule has 0 amide bonds. The molecule has 16 heavy (non-hydrogen) atoms. The number of hydrogen-bond acceptors (Lipinski definition) is 5. The molecule has 0 aliphatic heterocycles. The molecule has 0 atom stereocenters. The normalized spacial score (nSPS) is 15.8. The largest absolute Gasteiger partial charge is 0.490 e. The maximum Gasteiger partial charge on any atom is 0.256 e. The van der Waals surface area contributed by atoms with Crippen LogP contribution in [-0.2, 0) is 10.0 Å². The average molecular weight is 242 g/mol. The van der Waals surface area contributed by atoms with Gasteiger partial charge in [0.25, 0.3) is 10.0 Å². The van der Waals surface area contributed by atoms with Gasteiger partial charge in [-0.05, 0) is 18.9 Å². The molecule has 1 aromatic rings. The Hall–Kier alpha value is -1.47. The molecule has 1 saturated carbocycles. The zero-order valence-electron chi connectivity index (χ0n) is 8.29. The molecular formula is C9H10N2O4S. The molecule has 0 aromatic carbocycles. The van der Waals surface area contributed by atoms with E-state index in [2.05, 4.69) is 4.98 Å². The molecule has 0 saturated heterocycles. The van der Waals surface area contributed by atoms with E-state index in [0.29, 0.717) is 6.29 Å². The molecular weight excluding hydrogens is 232 g/mol. The first-order chi connectivity index (χ1) is 7.52. The van der Waals surface area contributed by atoms with Gasteiger partial charge in [-0.3, -0.25) is 4.79 Å². The van der Waals surface area contributed by atoms with Crippen molar-refractivity contribution in [2.24, 2.45) is 5.14 Å². The van der Waals surface area contributed by atoms with Crippen molar-refractivity contribution in [3.63, 3.8) is 0 Å². The third-order valence-corrected chi connectivity index (χ3v) is 2.98. The topological polar surface area (TPSA) is 99.4 Å². The second-order valence-electron chi connectivity index (χ2n) is 3.51. The van der Waals surface area contributed by atoms with Crippen molar-refractivity contribution in [2.75, 3.05) is 0 Å². The van der Waals surface area contributed by atoms with Crippen molar-refractivity contribution in [3.05, 3.63) is 17.8 Å². The zero-order chi connectivity index (χ0) is 11.8. The summed E-state index contributed by atoms with van der Waals surface area (Å²) in [5, 5.41) is 4.50. The Morgan fingerprint density at radius 2 is 2.19 bits per heavy atom. The van der Waals surface area contributed by atoms with Crippen LogP contribution in [0.2, 0.25) is 0 Å². The predicted molar refractivity (Wildman–Crippen MR) is 54.6 cm³/mol. The Kier molecular flexibility index (Phi) is 2.64. The number of aldehydes is 1. The van der Waals surface area contributed by atoms with Crippen LogP contribution in [0.15, 0.2) is 17.3 Å². The van der Waals surface area contributed by atoms with Gasteiger partial charge in [0, 0.05) is 6.20 Å². The second kappa shape index (κ2) is 3.84. The first-order valence-corrected chi connectivity index (χ1v) is 6.20. The number of sulfonamides is 1. The van der Waals surface area contributed by atoms with Gasteiger partial charge in [-0.25, -0.2) is 18.5 Å². The fraction of sp³-hybridized carbons (Fsp3) is 0.333. The standard InChI is InChI=1S/C9H10N2O4S/c10-16(13,14)9-7(5-12)8(3-4-11-9)15-6-1-2-6/h3-6H,1-2H2,(H2,10,13,14). The van der Waals surface area contributed by atoms with E-state index in [4.69, 9.17) is 9.88 Å². The summed E-state index contributed by atoms with van der Waals surface area (Å²) in [4.78, 5) is 14.4. The molecule has 0 unspecified atom stereocenters. The average Bonchev–Trinajstić information content (AvgIpc) is 3.00. The number of primary sulfonamides is 1. The highest BCUT2D eigenvalue weighted by Gasteiger charge is 2.27. The summed E-state index contributed by atoms with van der Waals surface area (Å²) in [5.74, 6) is 0.219. The second-order valence-corrected chi connectivity index (χ2v) is 4.98. The fourth-order valence-corrected chi connectivity index (χ4v) is 1.90. The van der Waals surface area contributed by atoms with Crippen LogP contribution in [0.4, 0.5) is 0 Å². The van der Waals surface area contributed by atoms with E-state index < -0.39 is 15.0 Å². The van der Waals surface area contributed by atoms with E-state index in [0.717, 1.165) is 12.8 Å². The van der Waals surface area contributed by atoms with Crippen molar-refractivity contribution in [2.45, 2.75) is 24.0 Å². The van der Waals surface area contributed by atoms with E-state index in [1.54, 1.807) is 0 Å². The maximum atomic E-state index is 11.2. The van der Waals surface area contributed by atoms with Gasteiger partial charge < -0.3 is 4.74 Å². The SMILES string of the molecule is NS(=O)(=O)c1nccc(OC2CC2)c1C=O. The van der Waals surface area contributed by atoms with E-state index >= 15 is 0 Å². The number of ether oxygens (including phenoxy) is 1. The number of nitrogens with zero attached hydrogens (tertiary/aromatic N) is 1. The highest BCUT2D eigenvalue weighted by atomic mass is 32.2. The minimum atomic E-state index is -4.01. The summed E-state index contributed by atoms with van der Waals surface area (Å²) >= 11 is 0. The number of pyridine rings is 1. The lowest BCUT2D eigenvalue weighted by Crippen LogP contribution is -2.17. The van der Waals surface area contributed by atoms with Crippen LogP contribution in [0.5, 0.6) is 5.75 Å². The van der Waals surface area contributed by atoms with Crippen LogP contribution in [-0.4, -0.2) is 25.8 Å². The Balaban J connectivity index is 2.49. The summed E-state index contributed by atoms with van der Waals surface area (Å²) < 4.78 is 27.7. The summed E-state index contributed by atoms with van der Waals surface area (Å²) in [6.07, 6.45) is 3.53. The summed E-state index contributed by atoms with van der Waals surface area (Å²) in [6.45, 7) is 0. The number of carbonyl (C=O) groups excluding carboxylic acids is 1. The molecule has 1 aliphatic rings. The Labute approximate surface area is 92.5 Å². The Morgan fingerprint density at radius 1 is 1.50 bits per heavy atom. The van der Waals surface area contributed by atoms with E-state index in [1.807, 2.05) is 0 Å². The summed E-state index contributed by atoms with van der Waals surface area (Å²) in [7, 11) is -4.01.